The summed E-state index contributed by atoms with van der Waals surface area (Å²) in [5.41, 5.74) is 2.16. The fourth-order valence-electron chi connectivity index (χ4n) is 1.85. The van der Waals surface area contributed by atoms with E-state index in [9.17, 15) is 4.79 Å². The Morgan fingerprint density at radius 1 is 1.38 bits per heavy atom. The summed E-state index contributed by atoms with van der Waals surface area (Å²) in [6, 6.07) is 3.37. The smallest absolute Gasteiger partial charge is 0.251 e. The SMILES string of the molecule is CC(C)(C)c1cc(C(=O)NCCc2cnc[nH]2)cc(Cl)n1. The molecule has 0 atom stereocenters. The van der Waals surface area contributed by atoms with Gasteiger partial charge in [-0.05, 0) is 12.1 Å². The van der Waals surface area contributed by atoms with E-state index >= 15 is 0 Å². The number of hydrogen-bond acceptors (Lipinski definition) is 3. The van der Waals surface area contributed by atoms with Gasteiger partial charge in [-0.25, -0.2) is 9.97 Å². The van der Waals surface area contributed by atoms with Crippen LogP contribution >= 0.6 is 11.6 Å². The highest BCUT2D eigenvalue weighted by Gasteiger charge is 2.18. The maximum Gasteiger partial charge on any atom is 0.251 e. The van der Waals surface area contributed by atoms with E-state index in [4.69, 9.17) is 11.6 Å². The van der Waals surface area contributed by atoms with Gasteiger partial charge in [0.05, 0.1) is 6.33 Å². The molecule has 2 rings (SSSR count). The number of carbonyl (C=O) groups is 1. The molecule has 5 nitrogen and oxygen atoms in total. The zero-order valence-corrected chi connectivity index (χ0v) is 13.2. The molecule has 6 heteroatoms. The van der Waals surface area contributed by atoms with Gasteiger partial charge < -0.3 is 10.3 Å². The van der Waals surface area contributed by atoms with Crippen molar-refractivity contribution >= 4 is 17.5 Å². The van der Waals surface area contributed by atoms with Crippen molar-refractivity contribution in [2.45, 2.75) is 32.6 Å². The first-order chi connectivity index (χ1) is 9.86. The van der Waals surface area contributed by atoms with E-state index in [1.165, 1.54) is 0 Å². The van der Waals surface area contributed by atoms with E-state index in [1.807, 2.05) is 20.8 Å². The molecule has 2 N–H and O–H groups in total. The number of aromatic amines is 1. The first-order valence-corrected chi connectivity index (χ1v) is 7.17. The molecule has 0 spiro atoms. The monoisotopic (exact) mass is 306 g/mol. The standard InChI is InChI=1S/C15H19ClN4O/c1-15(2,3)12-6-10(7-13(16)20-12)14(21)18-5-4-11-8-17-9-19-11/h6-9H,4-5H2,1-3H3,(H,17,19)(H,18,21). The molecule has 0 saturated heterocycles. The molecule has 2 aromatic rings. The number of halogens is 1. The van der Waals surface area contributed by atoms with Gasteiger partial charge in [0, 0.05) is 41.5 Å². The Morgan fingerprint density at radius 3 is 2.76 bits per heavy atom. The average molecular weight is 307 g/mol. The summed E-state index contributed by atoms with van der Waals surface area (Å²) in [6.07, 6.45) is 4.07. The van der Waals surface area contributed by atoms with E-state index in [-0.39, 0.29) is 11.3 Å². The minimum atomic E-state index is -0.157. The number of H-pyrrole nitrogens is 1. The Morgan fingerprint density at radius 2 is 2.14 bits per heavy atom. The van der Waals surface area contributed by atoms with E-state index in [1.54, 1.807) is 24.7 Å². The van der Waals surface area contributed by atoms with Crippen LogP contribution in [-0.4, -0.2) is 27.4 Å². The lowest BCUT2D eigenvalue weighted by molar-refractivity contribution is 0.0954. The fourth-order valence-corrected chi connectivity index (χ4v) is 2.05. The zero-order valence-electron chi connectivity index (χ0n) is 12.4. The molecule has 0 fully saturated rings. The molecule has 0 aromatic carbocycles. The van der Waals surface area contributed by atoms with Gasteiger partial charge in [-0.3, -0.25) is 4.79 Å². The molecule has 0 aliphatic heterocycles. The molecule has 112 valence electrons. The Balaban J connectivity index is 2.03. The summed E-state index contributed by atoms with van der Waals surface area (Å²) in [7, 11) is 0. The number of carbonyl (C=O) groups excluding carboxylic acids is 1. The highest BCUT2D eigenvalue weighted by molar-refractivity contribution is 6.29. The van der Waals surface area contributed by atoms with Crippen LogP contribution < -0.4 is 5.32 Å². The molecule has 0 radical (unpaired) electrons. The van der Waals surface area contributed by atoms with E-state index in [0.717, 1.165) is 11.4 Å². The summed E-state index contributed by atoms with van der Waals surface area (Å²) in [4.78, 5) is 23.4. The summed E-state index contributed by atoms with van der Waals surface area (Å²) < 4.78 is 0. The summed E-state index contributed by atoms with van der Waals surface area (Å²) >= 11 is 6.01. The van der Waals surface area contributed by atoms with Crippen molar-refractivity contribution in [3.05, 3.63) is 46.8 Å². The van der Waals surface area contributed by atoms with Crippen molar-refractivity contribution in [2.24, 2.45) is 0 Å². The van der Waals surface area contributed by atoms with Crippen LogP contribution in [0, 0.1) is 0 Å². The van der Waals surface area contributed by atoms with Crippen LogP contribution in [0.1, 0.15) is 42.5 Å². The zero-order chi connectivity index (χ0) is 15.5. The summed E-state index contributed by atoms with van der Waals surface area (Å²) in [5.74, 6) is -0.149. The molecule has 0 aliphatic carbocycles. The van der Waals surface area contributed by atoms with Gasteiger partial charge in [0.15, 0.2) is 0 Å². The van der Waals surface area contributed by atoms with E-state index < -0.39 is 0 Å². The minimum Gasteiger partial charge on any atom is -0.352 e. The molecule has 0 aliphatic rings. The van der Waals surface area contributed by atoms with Gasteiger partial charge in [0.2, 0.25) is 0 Å². The van der Waals surface area contributed by atoms with Crippen molar-refractivity contribution in [2.75, 3.05) is 6.54 Å². The number of aromatic nitrogens is 3. The highest BCUT2D eigenvalue weighted by atomic mass is 35.5. The second-order valence-electron chi connectivity index (χ2n) is 5.90. The van der Waals surface area contributed by atoms with Crippen LogP contribution in [0.5, 0.6) is 0 Å². The van der Waals surface area contributed by atoms with Gasteiger partial charge in [0.1, 0.15) is 5.15 Å². The van der Waals surface area contributed by atoms with Crippen molar-refractivity contribution < 1.29 is 4.79 Å². The number of rotatable bonds is 4. The topological polar surface area (TPSA) is 70.7 Å². The number of nitrogens with one attached hydrogen (secondary N) is 2. The number of nitrogens with zero attached hydrogens (tertiary/aromatic N) is 2. The summed E-state index contributed by atoms with van der Waals surface area (Å²) in [5, 5.41) is 3.20. The Labute approximate surface area is 129 Å². The second kappa shape index (κ2) is 6.26. The van der Waals surface area contributed by atoms with Gasteiger partial charge in [-0.1, -0.05) is 32.4 Å². The molecule has 0 bridgehead atoms. The van der Waals surface area contributed by atoms with Gasteiger partial charge >= 0.3 is 0 Å². The second-order valence-corrected chi connectivity index (χ2v) is 6.28. The van der Waals surface area contributed by atoms with Crippen LogP contribution in [-0.2, 0) is 11.8 Å². The third-order valence-electron chi connectivity index (χ3n) is 3.06. The molecule has 2 heterocycles. The first kappa shape index (κ1) is 15.5. The van der Waals surface area contributed by atoms with Crippen molar-refractivity contribution in [3.8, 4) is 0 Å². The van der Waals surface area contributed by atoms with Crippen molar-refractivity contribution in [1.82, 2.24) is 20.3 Å². The maximum absolute atomic E-state index is 12.2. The van der Waals surface area contributed by atoms with E-state index in [0.29, 0.717) is 23.7 Å². The largest absolute Gasteiger partial charge is 0.352 e. The predicted octanol–water partition coefficient (Wildman–Crippen LogP) is 2.73. The lowest BCUT2D eigenvalue weighted by atomic mass is 9.91. The number of imidazole rings is 1. The van der Waals surface area contributed by atoms with E-state index in [2.05, 4.69) is 20.3 Å². The fraction of sp³-hybridized carbons (Fsp3) is 0.400. The molecule has 1 amide bonds. The van der Waals surface area contributed by atoms with Crippen LogP contribution in [0.3, 0.4) is 0 Å². The maximum atomic E-state index is 12.2. The molecule has 2 aromatic heterocycles. The Hall–Kier alpha value is -1.88. The summed E-state index contributed by atoms with van der Waals surface area (Å²) in [6.45, 7) is 6.63. The number of pyridine rings is 1. The molecule has 0 unspecified atom stereocenters. The van der Waals surface area contributed by atoms with Crippen molar-refractivity contribution in [3.63, 3.8) is 0 Å². The van der Waals surface area contributed by atoms with Crippen LogP contribution in [0.4, 0.5) is 0 Å². The lowest BCUT2D eigenvalue weighted by Gasteiger charge is -2.18. The third-order valence-corrected chi connectivity index (χ3v) is 3.25. The Kier molecular flexibility index (Phi) is 4.63. The molecule has 21 heavy (non-hydrogen) atoms. The molecular formula is C15H19ClN4O. The molecular weight excluding hydrogens is 288 g/mol. The van der Waals surface area contributed by atoms with Gasteiger partial charge in [0.25, 0.3) is 5.91 Å². The first-order valence-electron chi connectivity index (χ1n) is 6.80. The normalized spacial score (nSPS) is 11.4. The van der Waals surface area contributed by atoms with Crippen LogP contribution in [0.2, 0.25) is 5.15 Å². The third kappa shape index (κ3) is 4.29. The lowest BCUT2D eigenvalue weighted by Crippen LogP contribution is -2.26. The molecule has 0 saturated carbocycles. The van der Waals surface area contributed by atoms with Crippen LogP contribution in [0.25, 0.3) is 0 Å². The minimum absolute atomic E-state index is 0.149. The predicted molar refractivity (Wildman–Crippen MR) is 82.6 cm³/mol. The number of hydrogen-bond donors (Lipinski definition) is 2. The van der Waals surface area contributed by atoms with Gasteiger partial charge in [-0.15, -0.1) is 0 Å². The van der Waals surface area contributed by atoms with Gasteiger partial charge in [-0.2, -0.15) is 0 Å². The van der Waals surface area contributed by atoms with Crippen LogP contribution in [0.15, 0.2) is 24.7 Å². The average Bonchev–Trinajstić information content (AvgIpc) is 2.90. The Bertz CT molecular complexity index is 617. The van der Waals surface area contributed by atoms with Crippen molar-refractivity contribution in [1.29, 1.82) is 0 Å². The number of amides is 1. The quantitative estimate of drug-likeness (QED) is 0.853. The highest BCUT2D eigenvalue weighted by Crippen LogP contribution is 2.23.